The molecule has 2 aliphatic rings. The molecule has 2 N–H and O–H groups in total. The van der Waals surface area contributed by atoms with Gasteiger partial charge in [0.05, 0.1) is 16.6 Å². The number of nitrogens with zero attached hydrogens (tertiary/aromatic N) is 1. The molecule has 2 unspecified atom stereocenters. The van der Waals surface area contributed by atoms with Crippen LogP contribution in [0.4, 0.5) is 11.4 Å². The highest BCUT2D eigenvalue weighted by atomic mass is 32.2. The summed E-state index contributed by atoms with van der Waals surface area (Å²) in [6.07, 6.45) is 0. The molecule has 8 nitrogen and oxygen atoms in total. The Morgan fingerprint density at radius 2 is 1.73 bits per heavy atom. The van der Waals surface area contributed by atoms with Gasteiger partial charge in [0, 0.05) is 22.0 Å². The standard InChI is InChI=1S/C30H25N3O5S2/c1-16-10-12-19(13-11-16)33-28(35)24-23(25-27(32-30(37)40-25)39-26(24)29(33)36)20-8-3-4-9-21(20)38-15-22(34)31-18-7-5-6-17(2)14-18/h3-14,23-24,26H,15H2,1-2H3,(H,31,34)(H,32,37)/t23-,24?,26?/m1/s1. The lowest BCUT2D eigenvalue weighted by Crippen LogP contribution is -2.32. The summed E-state index contributed by atoms with van der Waals surface area (Å²) in [5.74, 6) is -1.91. The quantitative estimate of drug-likeness (QED) is 0.320. The van der Waals surface area contributed by atoms with Crippen LogP contribution in [0.15, 0.2) is 82.6 Å². The van der Waals surface area contributed by atoms with Crippen molar-refractivity contribution in [3.8, 4) is 5.75 Å². The summed E-state index contributed by atoms with van der Waals surface area (Å²) >= 11 is 2.26. The van der Waals surface area contributed by atoms with E-state index < -0.39 is 17.1 Å². The van der Waals surface area contributed by atoms with E-state index in [0.717, 1.165) is 22.5 Å². The van der Waals surface area contributed by atoms with E-state index in [-0.39, 0.29) is 29.2 Å². The van der Waals surface area contributed by atoms with Gasteiger partial charge in [0.1, 0.15) is 11.0 Å². The summed E-state index contributed by atoms with van der Waals surface area (Å²) in [5.41, 5.74) is 3.87. The number of ether oxygens (including phenoxy) is 1. The number of nitrogens with one attached hydrogen (secondary N) is 2. The molecule has 3 aromatic carbocycles. The van der Waals surface area contributed by atoms with Crippen molar-refractivity contribution in [1.82, 2.24) is 4.98 Å². The number of aromatic nitrogens is 1. The molecule has 0 aliphatic carbocycles. The Balaban J connectivity index is 1.34. The molecule has 4 aromatic rings. The zero-order valence-electron chi connectivity index (χ0n) is 21.7. The summed E-state index contributed by atoms with van der Waals surface area (Å²) in [7, 11) is 0. The van der Waals surface area contributed by atoms with Crippen molar-refractivity contribution in [2.75, 3.05) is 16.8 Å². The maximum Gasteiger partial charge on any atom is 0.305 e. The number of thioether (sulfide) groups is 1. The number of imide groups is 1. The van der Waals surface area contributed by atoms with Gasteiger partial charge in [-0.25, -0.2) is 4.90 Å². The molecule has 0 radical (unpaired) electrons. The Kier molecular flexibility index (Phi) is 6.81. The molecule has 0 bridgehead atoms. The number of aromatic amines is 1. The van der Waals surface area contributed by atoms with E-state index in [0.29, 0.717) is 32.6 Å². The highest BCUT2D eigenvalue weighted by Gasteiger charge is 2.56. The number of aryl methyl sites for hydroxylation is 2. The number of carbonyl (C=O) groups excluding carboxylic acids is 3. The average molecular weight is 572 g/mol. The number of carbonyl (C=O) groups is 3. The van der Waals surface area contributed by atoms with E-state index >= 15 is 0 Å². The molecule has 1 saturated heterocycles. The van der Waals surface area contributed by atoms with Gasteiger partial charge in [-0.3, -0.25) is 19.2 Å². The normalized spacial score (nSPS) is 19.8. The molecule has 3 amide bonds. The van der Waals surface area contributed by atoms with Gasteiger partial charge in [0.15, 0.2) is 6.61 Å². The van der Waals surface area contributed by atoms with E-state index in [2.05, 4.69) is 10.3 Å². The van der Waals surface area contributed by atoms with Gasteiger partial charge >= 0.3 is 4.87 Å². The highest BCUT2D eigenvalue weighted by Crippen LogP contribution is 2.54. The number of rotatable bonds is 6. The Morgan fingerprint density at radius 3 is 2.50 bits per heavy atom. The third kappa shape index (κ3) is 4.73. The van der Waals surface area contributed by atoms with E-state index in [4.69, 9.17) is 4.74 Å². The number of thiazole rings is 1. The minimum absolute atomic E-state index is 0.251. The van der Waals surface area contributed by atoms with Crippen molar-refractivity contribution in [2.24, 2.45) is 5.92 Å². The topological polar surface area (TPSA) is 109 Å². The summed E-state index contributed by atoms with van der Waals surface area (Å²) in [6, 6.07) is 21.9. The minimum atomic E-state index is -0.747. The molecule has 2 aliphatic heterocycles. The number of anilines is 2. The third-order valence-electron chi connectivity index (χ3n) is 7.03. The molecule has 1 fully saturated rings. The Hall–Kier alpha value is -4.15. The Bertz CT molecular complexity index is 1690. The molecule has 0 spiro atoms. The largest absolute Gasteiger partial charge is 0.483 e. The van der Waals surface area contributed by atoms with E-state index in [1.807, 2.05) is 56.3 Å². The van der Waals surface area contributed by atoms with Crippen molar-refractivity contribution < 1.29 is 19.1 Å². The summed E-state index contributed by atoms with van der Waals surface area (Å²) in [6.45, 7) is 3.63. The summed E-state index contributed by atoms with van der Waals surface area (Å²) < 4.78 is 6.00. The second-order valence-electron chi connectivity index (χ2n) is 9.84. The fourth-order valence-corrected chi connectivity index (χ4v) is 7.74. The van der Waals surface area contributed by atoms with Crippen molar-refractivity contribution in [3.63, 3.8) is 0 Å². The average Bonchev–Trinajstić information content (AvgIpc) is 3.42. The second kappa shape index (κ2) is 10.4. The van der Waals surface area contributed by atoms with Gasteiger partial charge in [-0.15, -0.1) is 0 Å². The fourth-order valence-electron chi connectivity index (χ4n) is 5.23. The maximum atomic E-state index is 13.9. The molecule has 3 heterocycles. The number of hydrogen-bond acceptors (Lipinski definition) is 7. The van der Waals surface area contributed by atoms with Crippen LogP contribution in [0.2, 0.25) is 0 Å². The van der Waals surface area contributed by atoms with Gasteiger partial charge in [0.25, 0.3) is 5.91 Å². The molecule has 3 atom stereocenters. The Labute approximate surface area is 238 Å². The smallest absolute Gasteiger partial charge is 0.305 e. The van der Waals surface area contributed by atoms with Crippen molar-refractivity contribution in [2.45, 2.75) is 30.0 Å². The zero-order chi connectivity index (χ0) is 28.0. The van der Waals surface area contributed by atoms with E-state index in [9.17, 15) is 19.2 Å². The number of hydrogen-bond donors (Lipinski definition) is 2. The molecule has 6 rings (SSSR count). The first-order valence-corrected chi connectivity index (χ1v) is 14.4. The molecular weight excluding hydrogens is 546 g/mol. The van der Waals surface area contributed by atoms with Crippen LogP contribution in [0.1, 0.15) is 27.5 Å². The first-order valence-electron chi connectivity index (χ1n) is 12.7. The molecular formula is C30H25N3O5S2. The summed E-state index contributed by atoms with van der Waals surface area (Å²) in [5, 5.41) is 2.70. The van der Waals surface area contributed by atoms with E-state index in [1.54, 1.807) is 30.3 Å². The third-order valence-corrected chi connectivity index (χ3v) is 9.43. The van der Waals surface area contributed by atoms with Crippen LogP contribution in [0.25, 0.3) is 0 Å². The predicted octanol–water partition coefficient (Wildman–Crippen LogP) is 4.87. The lowest BCUT2D eigenvalue weighted by atomic mass is 9.82. The van der Waals surface area contributed by atoms with Gasteiger partial charge in [-0.05, 0) is 49.7 Å². The molecule has 10 heteroatoms. The van der Waals surface area contributed by atoms with Crippen LogP contribution in [0, 0.1) is 19.8 Å². The van der Waals surface area contributed by atoms with Crippen LogP contribution in [-0.2, 0) is 14.4 Å². The summed E-state index contributed by atoms with van der Waals surface area (Å²) in [4.78, 5) is 57.2. The van der Waals surface area contributed by atoms with Crippen molar-refractivity contribution in [1.29, 1.82) is 0 Å². The fraction of sp³-hybridized carbons (Fsp3) is 0.200. The number of amides is 3. The first kappa shape index (κ1) is 26.1. The van der Waals surface area contributed by atoms with Crippen LogP contribution in [0.5, 0.6) is 5.75 Å². The predicted molar refractivity (Wildman–Crippen MR) is 155 cm³/mol. The molecule has 202 valence electrons. The van der Waals surface area contributed by atoms with Gasteiger partial charge < -0.3 is 15.0 Å². The van der Waals surface area contributed by atoms with Gasteiger partial charge in [0.2, 0.25) is 11.8 Å². The van der Waals surface area contributed by atoms with E-state index in [1.165, 1.54) is 16.7 Å². The number of benzene rings is 3. The molecule has 40 heavy (non-hydrogen) atoms. The molecule has 1 aromatic heterocycles. The first-order chi connectivity index (χ1) is 19.3. The monoisotopic (exact) mass is 571 g/mol. The maximum absolute atomic E-state index is 13.9. The van der Waals surface area contributed by atoms with Crippen LogP contribution in [0.3, 0.4) is 0 Å². The van der Waals surface area contributed by atoms with Crippen LogP contribution < -0.4 is 19.8 Å². The Morgan fingerprint density at radius 1 is 0.950 bits per heavy atom. The van der Waals surface area contributed by atoms with Crippen molar-refractivity contribution >= 4 is 52.2 Å². The lowest BCUT2D eigenvalue weighted by Gasteiger charge is -2.30. The van der Waals surface area contributed by atoms with Crippen LogP contribution >= 0.6 is 23.1 Å². The highest BCUT2D eigenvalue weighted by molar-refractivity contribution is 8.00. The second-order valence-corrected chi connectivity index (χ2v) is 12.0. The number of para-hydroxylation sites is 1. The van der Waals surface area contributed by atoms with Crippen LogP contribution in [-0.4, -0.2) is 34.6 Å². The van der Waals surface area contributed by atoms with Gasteiger partial charge in [-0.2, -0.15) is 0 Å². The van der Waals surface area contributed by atoms with Crippen molar-refractivity contribution in [3.05, 3.63) is 104 Å². The molecule has 0 saturated carbocycles. The SMILES string of the molecule is Cc1ccc(N2C(=O)C3Sc4[nH]c(=O)sc4[C@H](c4ccccc4OCC(=O)Nc4cccc(C)c4)C3C2=O)cc1. The number of fused-ring (bicyclic) bond motifs is 2. The van der Waals surface area contributed by atoms with Gasteiger partial charge in [-0.1, -0.05) is 71.1 Å². The lowest BCUT2D eigenvalue weighted by molar-refractivity contribution is -0.122. The number of H-pyrrole nitrogens is 1. The zero-order valence-corrected chi connectivity index (χ0v) is 23.3. The minimum Gasteiger partial charge on any atom is -0.483 e.